The van der Waals surface area contributed by atoms with Crippen molar-refractivity contribution in [2.75, 3.05) is 18.2 Å². The van der Waals surface area contributed by atoms with Crippen LogP contribution < -0.4 is 14.8 Å². The van der Waals surface area contributed by atoms with Crippen LogP contribution in [0.5, 0.6) is 11.6 Å². The Morgan fingerprint density at radius 2 is 2.14 bits per heavy atom. The summed E-state index contributed by atoms with van der Waals surface area (Å²) in [6.45, 7) is 3.72. The van der Waals surface area contributed by atoms with E-state index in [0.717, 1.165) is 16.8 Å². The zero-order chi connectivity index (χ0) is 19.5. The summed E-state index contributed by atoms with van der Waals surface area (Å²) in [6, 6.07) is 13.2. The second-order valence-electron chi connectivity index (χ2n) is 5.92. The van der Waals surface area contributed by atoms with Crippen molar-refractivity contribution in [3.8, 4) is 22.9 Å². The Kier molecular flexibility index (Phi) is 5.36. The van der Waals surface area contributed by atoms with E-state index in [0.29, 0.717) is 33.3 Å². The molecule has 1 atom stereocenters. The Morgan fingerprint density at radius 1 is 1.29 bits per heavy atom. The van der Waals surface area contributed by atoms with Crippen molar-refractivity contribution in [1.29, 1.82) is 0 Å². The molecule has 0 saturated heterocycles. The molecular weight excluding hydrogens is 396 g/mol. The van der Waals surface area contributed by atoms with Gasteiger partial charge in [-0.05, 0) is 24.3 Å². The largest absolute Gasteiger partial charge is 0.496 e. The number of aromatic nitrogens is 3. The van der Waals surface area contributed by atoms with Gasteiger partial charge in [-0.3, -0.25) is 0 Å². The number of anilines is 1. The van der Waals surface area contributed by atoms with Gasteiger partial charge in [-0.1, -0.05) is 47.6 Å². The van der Waals surface area contributed by atoms with E-state index in [-0.39, 0.29) is 0 Å². The molecule has 1 aliphatic rings. The van der Waals surface area contributed by atoms with Crippen LogP contribution in [-0.2, 0) is 0 Å². The van der Waals surface area contributed by atoms with Crippen LogP contribution in [0.15, 0.2) is 60.3 Å². The molecule has 2 heterocycles. The zero-order valence-electron chi connectivity index (χ0n) is 15.1. The number of fused-ring (bicyclic) bond motifs is 3. The van der Waals surface area contributed by atoms with Crippen molar-refractivity contribution in [1.82, 2.24) is 15.2 Å². The van der Waals surface area contributed by atoms with Gasteiger partial charge in [0.1, 0.15) is 5.75 Å². The van der Waals surface area contributed by atoms with Gasteiger partial charge in [0, 0.05) is 22.0 Å². The number of rotatable bonds is 5. The van der Waals surface area contributed by atoms with E-state index in [4.69, 9.17) is 21.1 Å². The maximum absolute atomic E-state index is 6.24. The highest BCUT2D eigenvalue weighted by Gasteiger charge is 2.28. The summed E-state index contributed by atoms with van der Waals surface area (Å²) in [4.78, 5) is 4.57. The van der Waals surface area contributed by atoms with Crippen molar-refractivity contribution in [3.63, 3.8) is 0 Å². The van der Waals surface area contributed by atoms with Crippen LogP contribution in [0.4, 0.5) is 5.69 Å². The maximum Gasteiger partial charge on any atom is 0.247 e. The molecule has 1 N–H and O–H groups in total. The third-order valence-electron chi connectivity index (χ3n) is 4.14. The number of hydrogen-bond acceptors (Lipinski definition) is 7. The van der Waals surface area contributed by atoms with Gasteiger partial charge in [-0.15, -0.1) is 16.8 Å². The molecule has 0 fully saturated rings. The quantitative estimate of drug-likeness (QED) is 0.468. The molecule has 0 amide bonds. The third kappa shape index (κ3) is 3.63. The van der Waals surface area contributed by atoms with Gasteiger partial charge in [-0.25, -0.2) is 0 Å². The number of benzene rings is 2. The van der Waals surface area contributed by atoms with Crippen LogP contribution >= 0.6 is 23.4 Å². The molecule has 0 unspecified atom stereocenters. The second kappa shape index (κ2) is 8.08. The number of nitrogens with zero attached hydrogens (tertiary/aromatic N) is 3. The topological polar surface area (TPSA) is 69.2 Å². The Balaban J connectivity index is 1.83. The Bertz CT molecular complexity index is 1030. The molecule has 0 saturated carbocycles. The molecule has 4 rings (SSSR count). The molecule has 3 aromatic rings. The number of hydrogen-bond donors (Lipinski definition) is 1. The minimum absolute atomic E-state index is 0.394. The molecule has 1 aromatic heterocycles. The highest BCUT2D eigenvalue weighted by molar-refractivity contribution is 7.99. The summed E-state index contributed by atoms with van der Waals surface area (Å²) in [7, 11) is 1.61. The van der Waals surface area contributed by atoms with Gasteiger partial charge in [-0.2, -0.15) is 4.98 Å². The molecule has 0 aliphatic carbocycles. The first-order valence-electron chi connectivity index (χ1n) is 8.54. The van der Waals surface area contributed by atoms with E-state index in [1.807, 2.05) is 36.4 Å². The third-order valence-corrected chi connectivity index (χ3v) is 5.21. The van der Waals surface area contributed by atoms with Crippen molar-refractivity contribution >= 4 is 29.1 Å². The molecular formula is C20H17ClN4O2S. The molecule has 0 spiro atoms. The van der Waals surface area contributed by atoms with E-state index in [1.54, 1.807) is 19.3 Å². The van der Waals surface area contributed by atoms with Gasteiger partial charge in [0.05, 0.1) is 12.7 Å². The lowest BCUT2D eigenvalue weighted by molar-refractivity contribution is 0.220. The normalized spacial score (nSPS) is 14.7. The molecule has 0 bridgehead atoms. The standard InChI is InChI=1S/C20H17ClN4O2S/c1-3-10-28-20-23-19-17(24-25-20)13-6-4-5-7-15(13)22-18(27-19)14-11-12(21)8-9-16(14)26-2/h3-9,11,18,22H,1,10H2,2H3/t18-/m1/s1. The SMILES string of the molecule is C=CCSc1nnc2c(n1)O[C@H](c1cc(Cl)ccc1OC)Nc1ccccc1-2. The van der Waals surface area contributed by atoms with E-state index >= 15 is 0 Å². The fraction of sp³-hybridized carbons (Fsp3) is 0.150. The van der Waals surface area contributed by atoms with Crippen molar-refractivity contribution in [3.05, 3.63) is 65.7 Å². The van der Waals surface area contributed by atoms with Gasteiger partial charge >= 0.3 is 0 Å². The fourth-order valence-electron chi connectivity index (χ4n) is 2.89. The van der Waals surface area contributed by atoms with Gasteiger partial charge in [0.2, 0.25) is 17.3 Å². The molecule has 8 heteroatoms. The minimum atomic E-state index is -0.565. The molecule has 1 aliphatic heterocycles. The highest BCUT2D eigenvalue weighted by Crippen LogP contribution is 2.41. The van der Waals surface area contributed by atoms with Crippen molar-refractivity contribution in [2.45, 2.75) is 11.4 Å². The number of ether oxygens (including phenoxy) is 2. The molecule has 2 aromatic carbocycles. The summed E-state index contributed by atoms with van der Waals surface area (Å²) >= 11 is 7.67. The number of thioether (sulfide) groups is 1. The number of halogens is 1. The average Bonchev–Trinajstić information content (AvgIpc) is 2.88. The summed E-state index contributed by atoms with van der Waals surface area (Å²) in [5.41, 5.74) is 3.06. The summed E-state index contributed by atoms with van der Waals surface area (Å²) in [6.07, 6.45) is 1.22. The number of methoxy groups -OCH3 is 1. The molecule has 0 radical (unpaired) electrons. The second-order valence-corrected chi connectivity index (χ2v) is 7.35. The Morgan fingerprint density at radius 3 is 2.96 bits per heavy atom. The van der Waals surface area contributed by atoms with Crippen LogP contribution in [0.25, 0.3) is 11.3 Å². The van der Waals surface area contributed by atoms with E-state index in [1.165, 1.54) is 11.8 Å². The van der Waals surface area contributed by atoms with Gasteiger partial charge in [0.15, 0.2) is 5.69 Å². The van der Waals surface area contributed by atoms with Crippen LogP contribution in [0.2, 0.25) is 5.02 Å². The van der Waals surface area contributed by atoms with Crippen LogP contribution in [0.1, 0.15) is 11.8 Å². The maximum atomic E-state index is 6.24. The summed E-state index contributed by atoms with van der Waals surface area (Å²) in [5, 5.41) is 13.1. The van der Waals surface area contributed by atoms with Gasteiger partial charge < -0.3 is 14.8 Å². The zero-order valence-corrected chi connectivity index (χ0v) is 16.6. The van der Waals surface area contributed by atoms with Crippen molar-refractivity contribution < 1.29 is 9.47 Å². The first kappa shape index (κ1) is 18.6. The number of nitrogens with one attached hydrogen (secondary N) is 1. The lowest BCUT2D eigenvalue weighted by atomic mass is 10.1. The highest BCUT2D eigenvalue weighted by atomic mass is 35.5. The monoisotopic (exact) mass is 412 g/mol. The van der Waals surface area contributed by atoms with Crippen molar-refractivity contribution in [2.24, 2.45) is 0 Å². The van der Waals surface area contributed by atoms with E-state index < -0.39 is 6.23 Å². The minimum Gasteiger partial charge on any atom is -0.496 e. The number of para-hydroxylation sites is 1. The average molecular weight is 413 g/mol. The van der Waals surface area contributed by atoms with Crippen LogP contribution in [0, 0.1) is 0 Å². The van der Waals surface area contributed by atoms with E-state index in [2.05, 4.69) is 27.1 Å². The molecule has 6 nitrogen and oxygen atoms in total. The molecule has 28 heavy (non-hydrogen) atoms. The Hall–Kier alpha value is -2.77. The van der Waals surface area contributed by atoms with Gasteiger partial charge in [0.25, 0.3) is 0 Å². The lowest BCUT2D eigenvalue weighted by Gasteiger charge is -2.21. The first-order chi connectivity index (χ1) is 13.7. The summed E-state index contributed by atoms with van der Waals surface area (Å²) < 4.78 is 11.7. The summed E-state index contributed by atoms with van der Waals surface area (Å²) in [5.74, 6) is 1.73. The van der Waals surface area contributed by atoms with E-state index in [9.17, 15) is 0 Å². The lowest BCUT2D eigenvalue weighted by Crippen LogP contribution is -2.18. The first-order valence-corrected chi connectivity index (χ1v) is 9.90. The van der Waals surface area contributed by atoms with Crippen LogP contribution in [-0.4, -0.2) is 28.0 Å². The predicted molar refractivity (Wildman–Crippen MR) is 111 cm³/mol. The smallest absolute Gasteiger partial charge is 0.247 e. The molecule has 142 valence electrons. The van der Waals surface area contributed by atoms with Crippen LogP contribution in [0.3, 0.4) is 0 Å². The predicted octanol–water partition coefficient (Wildman–Crippen LogP) is 4.98. The fourth-order valence-corrected chi connectivity index (χ4v) is 3.59. The Labute approximate surface area is 172 Å².